The first kappa shape index (κ1) is 22.7. The Labute approximate surface area is 204 Å². The first-order chi connectivity index (χ1) is 17.0. The van der Waals surface area contributed by atoms with Gasteiger partial charge in [0.25, 0.3) is 0 Å². The van der Waals surface area contributed by atoms with Crippen LogP contribution in [-0.2, 0) is 14.9 Å². The highest BCUT2D eigenvalue weighted by molar-refractivity contribution is 5.99. The number of imidazole rings is 1. The van der Waals surface area contributed by atoms with Crippen molar-refractivity contribution < 1.29 is 14.3 Å². The van der Waals surface area contributed by atoms with Crippen molar-refractivity contribution in [2.75, 3.05) is 18.5 Å². The third-order valence-corrected chi connectivity index (χ3v) is 6.32. The number of hydrogen-bond acceptors (Lipinski definition) is 6. The number of carbonyl (C=O) groups is 1. The van der Waals surface area contributed by atoms with Crippen LogP contribution in [0.2, 0.25) is 0 Å². The summed E-state index contributed by atoms with van der Waals surface area (Å²) < 4.78 is 13.4. The maximum absolute atomic E-state index is 13.5. The number of aromatic nitrogens is 4. The molecule has 2 aromatic heterocycles. The summed E-state index contributed by atoms with van der Waals surface area (Å²) in [5, 5.41) is 3.10. The van der Waals surface area contributed by atoms with Crippen molar-refractivity contribution in [3.63, 3.8) is 0 Å². The van der Waals surface area contributed by atoms with E-state index in [1.165, 1.54) is 0 Å². The zero-order chi connectivity index (χ0) is 24.3. The molecule has 0 spiro atoms. The summed E-state index contributed by atoms with van der Waals surface area (Å²) in [6, 6.07) is 19.0. The first-order valence-electron chi connectivity index (χ1n) is 11.6. The maximum atomic E-state index is 13.5. The molecule has 0 unspecified atom stereocenters. The minimum Gasteiger partial charge on any atom is -0.439 e. The van der Waals surface area contributed by atoms with Crippen LogP contribution >= 0.6 is 0 Å². The van der Waals surface area contributed by atoms with Gasteiger partial charge in [-0.3, -0.25) is 9.36 Å². The van der Waals surface area contributed by atoms with E-state index in [4.69, 9.17) is 9.47 Å². The molecular formula is C27H27N5O3. The molecule has 0 atom stereocenters. The Morgan fingerprint density at radius 1 is 1.03 bits per heavy atom. The van der Waals surface area contributed by atoms with Gasteiger partial charge in [-0.05, 0) is 56.5 Å². The molecule has 8 nitrogen and oxygen atoms in total. The van der Waals surface area contributed by atoms with E-state index in [2.05, 4.69) is 20.3 Å². The summed E-state index contributed by atoms with van der Waals surface area (Å²) >= 11 is 0. The van der Waals surface area contributed by atoms with Crippen LogP contribution in [0.5, 0.6) is 11.6 Å². The minimum absolute atomic E-state index is 0.0209. The van der Waals surface area contributed by atoms with Crippen LogP contribution in [-0.4, -0.2) is 38.6 Å². The van der Waals surface area contributed by atoms with E-state index in [1.54, 1.807) is 12.3 Å². The number of nitrogens with zero attached hydrogens (tertiary/aromatic N) is 4. The molecule has 0 aliphatic carbocycles. The number of rotatable bonds is 6. The highest BCUT2D eigenvalue weighted by Gasteiger charge is 2.41. The highest BCUT2D eigenvalue weighted by Crippen LogP contribution is 2.36. The summed E-state index contributed by atoms with van der Waals surface area (Å²) in [6.07, 6.45) is 4.87. The van der Waals surface area contributed by atoms with Gasteiger partial charge in [0.1, 0.15) is 23.2 Å². The summed E-state index contributed by atoms with van der Waals surface area (Å²) in [5.41, 5.74) is 1.12. The Bertz CT molecular complexity index is 1310. The molecule has 1 fully saturated rings. The molecule has 8 heteroatoms. The molecule has 1 saturated heterocycles. The molecule has 35 heavy (non-hydrogen) atoms. The van der Waals surface area contributed by atoms with Crippen molar-refractivity contribution in [2.45, 2.75) is 32.1 Å². The predicted molar refractivity (Wildman–Crippen MR) is 132 cm³/mol. The molecule has 3 heterocycles. The zero-order valence-corrected chi connectivity index (χ0v) is 19.8. The molecule has 2 aromatic carbocycles. The quantitative estimate of drug-likeness (QED) is 0.438. The SMILES string of the molecule is Cc1nc(Oc2ccc(NC(=O)C3(c4ccccc4)CCOCC3)cc2)cc(-n2ccnc2C)n1. The van der Waals surface area contributed by atoms with Crippen molar-refractivity contribution in [1.82, 2.24) is 19.5 Å². The lowest BCUT2D eigenvalue weighted by Crippen LogP contribution is -2.44. The minimum atomic E-state index is -0.602. The second kappa shape index (κ2) is 9.68. The summed E-state index contributed by atoms with van der Waals surface area (Å²) in [7, 11) is 0. The Kier molecular flexibility index (Phi) is 6.29. The molecule has 0 bridgehead atoms. The van der Waals surface area contributed by atoms with Gasteiger partial charge in [0.15, 0.2) is 0 Å². The normalized spacial score (nSPS) is 14.9. The molecule has 178 valence electrons. The van der Waals surface area contributed by atoms with Gasteiger partial charge < -0.3 is 14.8 Å². The zero-order valence-electron chi connectivity index (χ0n) is 19.8. The Hall–Kier alpha value is -4.04. The largest absolute Gasteiger partial charge is 0.439 e. The lowest BCUT2D eigenvalue weighted by Gasteiger charge is -2.36. The maximum Gasteiger partial charge on any atom is 0.235 e. The van der Waals surface area contributed by atoms with Crippen molar-refractivity contribution in [2.24, 2.45) is 0 Å². The second-order valence-corrected chi connectivity index (χ2v) is 8.60. The van der Waals surface area contributed by atoms with Gasteiger partial charge in [-0.2, -0.15) is 4.98 Å². The fourth-order valence-corrected chi connectivity index (χ4v) is 4.42. The van der Waals surface area contributed by atoms with Crippen molar-refractivity contribution in [3.05, 3.63) is 90.3 Å². The smallest absolute Gasteiger partial charge is 0.235 e. The number of nitrogens with one attached hydrogen (secondary N) is 1. The van der Waals surface area contributed by atoms with Crippen LogP contribution in [0.25, 0.3) is 5.82 Å². The van der Waals surface area contributed by atoms with Gasteiger partial charge in [-0.1, -0.05) is 30.3 Å². The van der Waals surface area contributed by atoms with Crippen molar-refractivity contribution in [3.8, 4) is 17.4 Å². The van der Waals surface area contributed by atoms with Gasteiger partial charge in [0.2, 0.25) is 11.8 Å². The summed E-state index contributed by atoms with van der Waals surface area (Å²) in [5.74, 6) is 3.13. The van der Waals surface area contributed by atoms with Gasteiger partial charge in [0, 0.05) is 37.4 Å². The lowest BCUT2D eigenvalue weighted by molar-refractivity contribution is -0.125. The van der Waals surface area contributed by atoms with E-state index in [9.17, 15) is 4.79 Å². The molecule has 5 rings (SSSR count). The summed E-state index contributed by atoms with van der Waals surface area (Å²) in [4.78, 5) is 26.6. The van der Waals surface area contributed by atoms with Gasteiger partial charge in [-0.15, -0.1) is 0 Å². The van der Waals surface area contributed by atoms with Crippen LogP contribution in [0.15, 0.2) is 73.1 Å². The van der Waals surface area contributed by atoms with E-state index in [0.29, 0.717) is 55.0 Å². The molecule has 1 aliphatic rings. The molecule has 4 aromatic rings. The molecule has 1 N–H and O–H groups in total. The lowest BCUT2D eigenvalue weighted by atomic mass is 9.73. The highest BCUT2D eigenvalue weighted by atomic mass is 16.5. The predicted octanol–water partition coefficient (Wildman–Crippen LogP) is 4.76. The van der Waals surface area contributed by atoms with Crippen LogP contribution in [0.3, 0.4) is 0 Å². The van der Waals surface area contributed by atoms with Crippen LogP contribution < -0.4 is 10.1 Å². The Morgan fingerprint density at radius 2 is 1.77 bits per heavy atom. The standard InChI is InChI=1S/C27H27N5O3/c1-19-29-24(32-15-14-28-20(32)2)18-25(30-19)35-23-10-8-22(9-11-23)31-26(33)27(12-16-34-17-13-27)21-6-4-3-5-7-21/h3-11,14-15,18H,12-13,16-17H2,1-2H3,(H,31,33). The van der Waals surface area contributed by atoms with E-state index in [-0.39, 0.29) is 5.91 Å². The second-order valence-electron chi connectivity index (χ2n) is 8.60. The number of ether oxygens (including phenoxy) is 2. The van der Waals surface area contributed by atoms with Crippen molar-refractivity contribution >= 4 is 11.6 Å². The van der Waals surface area contributed by atoms with Crippen molar-refractivity contribution in [1.29, 1.82) is 0 Å². The van der Waals surface area contributed by atoms with Gasteiger partial charge >= 0.3 is 0 Å². The Balaban J connectivity index is 1.32. The van der Waals surface area contributed by atoms with Crippen LogP contribution in [0.1, 0.15) is 30.1 Å². The number of anilines is 1. The molecule has 1 aliphatic heterocycles. The van der Waals surface area contributed by atoms with Gasteiger partial charge in [0.05, 0.1) is 5.41 Å². The van der Waals surface area contributed by atoms with E-state index < -0.39 is 5.41 Å². The number of carbonyl (C=O) groups excluding carboxylic acids is 1. The molecule has 1 amide bonds. The number of aryl methyl sites for hydroxylation is 2. The third kappa shape index (κ3) is 4.79. The monoisotopic (exact) mass is 469 g/mol. The topological polar surface area (TPSA) is 91.2 Å². The van der Waals surface area contributed by atoms with Gasteiger partial charge in [-0.25, -0.2) is 9.97 Å². The third-order valence-electron chi connectivity index (χ3n) is 6.32. The average Bonchev–Trinajstić information content (AvgIpc) is 3.31. The van der Waals surface area contributed by atoms with E-state index in [0.717, 1.165) is 11.4 Å². The average molecular weight is 470 g/mol. The fraction of sp³-hybridized carbons (Fsp3) is 0.259. The number of amides is 1. The Morgan fingerprint density at radius 3 is 2.46 bits per heavy atom. The molecule has 0 radical (unpaired) electrons. The van der Waals surface area contributed by atoms with E-state index >= 15 is 0 Å². The molecular weight excluding hydrogens is 442 g/mol. The molecule has 0 saturated carbocycles. The van der Waals surface area contributed by atoms with Crippen LogP contribution in [0, 0.1) is 13.8 Å². The van der Waals surface area contributed by atoms with E-state index in [1.807, 2.05) is 79.2 Å². The number of hydrogen-bond donors (Lipinski definition) is 1. The summed E-state index contributed by atoms with van der Waals surface area (Å²) in [6.45, 7) is 4.86. The van der Waals surface area contributed by atoms with Crippen LogP contribution in [0.4, 0.5) is 5.69 Å². The number of benzene rings is 2. The fourth-order valence-electron chi connectivity index (χ4n) is 4.42. The first-order valence-corrected chi connectivity index (χ1v) is 11.6.